The minimum Gasteiger partial charge on any atom is -0.491 e. The van der Waals surface area contributed by atoms with E-state index in [-0.39, 0.29) is 18.9 Å². The molecule has 0 aliphatic heterocycles. The SMILES string of the molecule is CNCC(O)COc1ccc(CC(N)=O)cc1. The van der Waals surface area contributed by atoms with E-state index in [4.69, 9.17) is 10.5 Å². The van der Waals surface area contributed by atoms with E-state index in [9.17, 15) is 9.90 Å². The zero-order valence-corrected chi connectivity index (χ0v) is 9.85. The van der Waals surface area contributed by atoms with E-state index in [0.717, 1.165) is 5.56 Å². The Balaban J connectivity index is 2.42. The number of hydrogen-bond donors (Lipinski definition) is 3. The molecule has 0 spiro atoms. The first-order valence-electron chi connectivity index (χ1n) is 5.44. The average molecular weight is 238 g/mol. The number of nitrogens with two attached hydrogens (primary N) is 1. The topological polar surface area (TPSA) is 84.6 Å². The van der Waals surface area contributed by atoms with E-state index in [2.05, 4.69) is 5.32 Å². The van der Waals surface area contributed by atoms with Crippen molar-refractivity contribution in [2.75, 3.05) is 20.2 Å². The van der Waals surface area contributed by atoms with Gasteiger partial charge < -0.3 is 20.9 Å². The Labute approximate surface area is 101 Å². The number of nitrogens with one attached hydrogen (secondary N) is 1. The number of amides is 1. The highest BCUT2D eigenvalue weighted by atomic mass is 16.5. The van der Waals surface area contributed by atoms with Gasteiger partial charge in [-0.2, -0.15) is 0 Å². The van der Waals surface area contributed by atoms with Gasteiger partial charge in [0, 0.05) is 6.54 Å². The predicted molar refractivity (Wildman–Crippen MR) is 64.8 cm³/mol. The van der Waals surface area contributed by atoms with E-state index in [1.807, 2.05) is 0 Å². The van der Waals surface area contributed by atoms with E-state index in [1.165, 1.54) is 0 Å². The number of benzene rings is 1. The van der Waals surface area contributed by atoms with Gasteiger partial charge >= 0.3 is 0 Å². The fraction of sp³-hybridized carbons (Fsp3) is 0.417. The van der Waals surface area contributed by atoms with Crippen molar-refractivity contribution in [2.24, 2.45) is 5.73 Å². The Morgan fingerprint density at radius 1 is 1.47 bits per heavy atom. The van der Waals surface area contributed by atoms with Crippen LogP contribution in [0.25, 0.3) is 0 Å². The van der Waals surface area contributed by atoms with Gasteiger partial charge in [-0.3, -0.25) is 4.79 Å². The summed E-state index contributed by atoms with van der Waals surface area (Å²) in [5.74, 6) is 0.302. The quantitative estimate of drug-likeness (QED) is 0.607. The van der Waals surface area contributed by atoms with Crippen LogP contribution in [-0.2, 0) is 11.2 Å². The van der Waals surface area contributed by atoms with Crippen LogP contribution in [0.2, 0.25) is 0 Å². The highest BCUT2D eigenvalue weighted by Gasteiger charge is 2.04. The largest absolute Gasteiger partial charge is 0.491 e. The maximum atomic E-state index is 10.7. The van der Waals surface area contributed by atoms with Crippen molar-refractivity contribution in [1.82, 2.24) is 5.32 Å². The van der Waals surface area contributed by atoms with Crippen molar-refractivity contribution < 1.29 is 14.6 Å². The molecule has 1 aromatic rings. The monoisotopic (exact) mass is 238 g/mol. The van der Waals surface area contributed by atoms with Crippen LogP contribution in [0.4, 0.5) is 0 Å². The zero-order valence-electron chi connectivity index (χ0n) is 9.85. The van der Waals surface area contributed by atoms with Crippen LogP contribution in [0.5, 0.6) is 5.75 Å². The van der Waals surface area contributed by atoms with E-state index in [0.29, 0.717) is 12.3 Å². The highest BCUT2D eigenvalue weighted by Crippen LogP contribution is 2.12. The number of primary amides is 1. The summed E-state index contributed by atoms with van der Waals surface area (Å²) in [5.41, 5.74) is 5.93. The number of likely N-dealkylation sites (N-methyl/N-ethyl adjacent to an activating group) is 1. The van der Waals surface area contributed by atoms with Crippen molar-refractivity contribution in [3.05, 3.63) is 29.8 Å². The van der Waals surface area contributed by atoms with Crippen LogP contribution < -0.4 is 15.8 Å². The molecule has 1 amide bonds. The Kier molecular flexibility index (Phi) is 5.45. The summed E-state index contributed by atoms with van der Waals surface area (Å²) >= 11 is 0. The van der Waals surface area contributed by atoms with Gasteiger partial charge in [-0.15, -0.1) is 0 Å². The molecule has 0 saturated carbocycles. The molecule has 17 heavy (non-hydrogen) atoms. The molecular weight excluding hydrogens is 220 g/mol. The summed E-state index contributed by atoms with van der Waals surface area (Å²) in [6.45, 7) is 0.718. The van der Waals surface area contributed by atoms with Gasteiger partial charge in [-0.1, -0.05) is 12.1 Å². The molecule has 0 aliphatic rings. The molecule has 0 heterocycles. The summed E-state index contributed by atoms with van der Waals surface area (Å²) in [5, 5.41) is 12.3. The second kappa shape index (κ2) is 6.88. The molecular formula is C12H18N2O3. The number of carbonyl (C=O) groups excluding carboxylic acids is 1. The lowest BCUT2D eigenvalue weighted by Gasteiger charge is -2.11. The first-order valence-corrected chi connectivity index (χ1v) is 5.44. The molecule has 0 aliphatic carbocycles. The van der Waals surface area contributed by atoms with E-state index < -0.39 is 6.10 Å². The maximum absolute atomic E-state index is 10.7. The minimum absolute atomic E-state index is 0.225. The molecule has 0 aromatic heterocycles. The second-order valence-corrected chi connectivity index (χ2v) is 3.81. The maximum Gasteiger partial charge on any atom is 0.221 e. The van der Waals surface area contributed by atoms with Crippen LogP contribution in [0, 0.1) is 0 Å². The summed E-state index contributed by atoms with van der Waals surface area (Å²) in [6, 6.07) is 7.07. The molecule has 5 heteroatoms. The van der Waals surface area contributed by atoms with Gasteiger partial charge in [0.15, 0.2) is 0 Å². The first kappa shape index (κ1) is 13.5. The number of aliphatic hydroxyl groups is 1. The van der Waals surface area contributed by atoms with Crippen molar-refractivity contribution in [1.29, 1.82) is 0 Å². The highest BCUT2D eigenvalue weighted by molar-refractivity contribution is 5.76. The van der Waals surface area contributed by atoms with Crippen LogP contribution in [0.15, 0.2) is 24.3 Å². The van der Waals surface area contributed by atoms with Crippen LogP contribution in [-0.4, -0.2) is 37.3 Å². The predicted octanol–water partition coefficient (Wildman–Crippen LogP) is -0.326. The molecule has 1 atom stereocenters. The van der Waals surface area contributed by atoms with Crippen LogP contribution in [0.3, 0.4) is 0 Å². The second-order valence-electron chi connectivity index (χ2n) is 3.81. The molecule has 1 aromatic carbocycles. The fourth-order valence-corrected chi connectivity index (χ4v) is 1.39. The molecule has 0 saturated heterocycles. The Bertz CT molecular complexity index is 351. The number of hydrogen-bond acceptors (Lipinski definition) is 4. The first-order chi connectivity index (χ1) is 8.11. The summed E-state index contributed by atoms with van der Waals surface area (Å²) in [4.78, 5) is 10.7. The Morgan fingerprint density at radius 2 is 2.12 bits per heavy atom. The zero-order chi connectivity index (χ0) is 12.7. The van der Waals surface area contributed by atoms with Crippen LogP contribution >= 0.6 is 0 Å². The van der Waals surface area contributed by atoms with Crippen molar-refractivity contribution >= 4 is 5.91 Å². The lowest BCUT2D eigenvalue weighted by Crippen LogP contribution is -2.29. The molecule has 1 unspecified atom stereocenters. The fourth-order valence-electron chi connectivity index (χ4n) is 1.39. The van der Waals surface area contributed by atoms with Crippen molar-refractivity contribution in [2.45, 2.75) is 12.5 Å². The van der Waals surface area contributed by atoms with Gasteiger partial charge in [0.2, 0.25) is 5.91 Å². The van der Waals surface area contributed by atoms with Gasteiger partial charge in [0.1, 0.15) is 18.5 Å². The summed E-state index contributed by atoms with van der Waals surface area (Å²) in [7, 11) is 1.77. The summed E-state index contributed by atoms with van der Waals surface area (Å²) < 4.78 is 5.37. The third-order valence-electron chi connectivity index (χ3n) is 2.18. The lowest BCUT2D eigenvalue weighted by molar-refractivity contribution is -0.117. The third kappa shape index (κ3) is 5.33. The Morgan fingerprint density at radius 3 is 2.65 bits per heavy atom. The average Bonchev–Trinajstić information content (AvgIpc) is 2.28. The number of aliphatic hydroxyl groups excluding tert-OH is 1. The molecule has 0 bridgehead atoms. The molecule has 0 radical (unpaired) electrons. The van der Waals surface area contributed by atoms with Crippen LogP contribution in [0.1, 0.15) is 5.56 Å². The smallest absolute Gasteiger partial charge is 0.221 e. The van der Waals surface area contributed by atoms with E-state index >= 15 is 0 Å². The minimum atomic E-state index is -0.537. The van der Waals surface area contributed by atoms with Crippen molar-refractivity contribution in [3.8, 4) is 5.75 Å². The Hall–Kier alpha value is -1.59. The molecule has 94 valence electrons. The number of carbonyl (C=O) groups is 1. The van der Waals surface area contributed by atoms with Gasteiger partial charge in [0.25, 0.3) is 0 Å². The molecule has 4 N–H and O–H groups in total. The summed E-state index contributed by atoms with van der Waals surface area (Å²) in [6.07, 6.45) is -0.312. The third-order valence-corrected chi connectivity index (χ3v) is 2.18. The standard InChI is InChI=1S/C12H18N2O3/c1-14-7-10(15)8-17-11-4-2-9(3-5-11)6-12(13)16/h2-5,10,14-15H,6-8H2,1H3,(H2,13,16). The van der Waals surface area contributed by atoms with Gasteiger partial charge in [-0.25, -0.2) is 0 Å². The molecule has 1 rings (SSSR count). The van der Waals surface area contributed by atoms with Crippen molar-refractivity contribution in [3.63, 3.8) is 0 Å². The normalized spacial score (nSPS) is 12.1. The van der Waals surface area contributed by atoms with Gasteiger partial charge in [0.05, 0.1) is 6.42 Å². The number of rotatable bonds is 7. The van der Waals surface area contributed by atoms with E-state index in [1.54, 1.807) is 31.3 Å². The van der Waals surface area contributed by atoms with Gasteiger partial charge in [-0.05, 0) is 24.7 Å². The lowest BCUT2D eigenvalue weighted by atomic mass is 10.1. The number of ether oxygens (including phenoxy) is 1. The molecule has 0 fully saturated rings. The molecule has 5 nitrogen and oxygen atoms in total.